The zero-order valence-electron chi connectivity index (χ0n) is 10.2. The number of nitrogens with zero attached hydrogens (tertiary/aromatic N) is 2. The van der Waals surface area contributed by atoms with Crippen molar-refractivity contribution in [2.45, 2.75) is 23.6 Å². The molecule has 1 aromatic carbocycles. The molecule has 1 unspecified atom stereocenters. The molecule has 1 atom stereocenters. The fourth-order valence-electron chi connectivity index (χ4n) is 2.39. The minimum Gasteiger partial charge on any atom is -0.508 e. The third kappa shape index (κ3) is 1.73. The molecule has 4 rings (SSSR count). The maximum absolute atomic E-state index is 11.3. The van der Waals surface area contributed by atoms with E-state index in [4.69, 9.17) is 0 Å². The number of hydrogen-bond donors (Lipinski definition) is 2. The number of aliphatic imine (C=N–C) groups is 1. The van der Waals surface area contributed by atoms with Crippen LogP contribution in [0.4, 0.5) is 0 Å². The Hall–Kier alpha value is -1.60. The predicted octanol–water partition coefficient (Wildman–Crippen LogP) is 2.48. The van der Waals surface area contributed by atoms with Crippen LogP contribution in [0.15, 0.2) is 23.2 Å². The summed E-state index contributed by atoms with van der Waals surface area (Å²) in [5.74, 6) is -0.653. The van der Waals surface area contributed by atoms with E-state index >= 15 is 0 Å². The average Bonchev–Trinajstić information content (AvgIpc) is 2.87. The third-order valence-corrected chi connectivity index (χ3v) is 6.26. The highest BCUT2D eigenvalue weighted by atomic mass is 32.2. The number of aromatic nitrogens is 1. The number of benzene rings is 1. The molecule has 5 nitrogen and oxygen atoms in total. The number of hydrogen-bond acceptors (Lipinski definition) is 6. The van der Waals surface area contributed by atoms with Gasteiger partial charge in [0.2, 0.25) is 0 Å². The van der Waals surface area contributed by atoms with Crippen molar-refractivity contribution in [1.29, 1.82) is 0 Å². The molecule has 2 aromatic rings. The van der Waals surface area contributed by atoms with E-state index in [1.807, 2.05) is 0 Å². The van der Waals surface area contributed by atoms with Crippen molar-refractivity contribution >= 4 is 44.3 Å². The van der Waals surface area contributed by atoms with Crippen molar-refractivity contribution in [3.05, 3.63) is 23.2 Å². The summed E-state index contributed by atoms with van der Waals surface area (Å²) in [5, 5.41) is 20.2. The molecule has 1 spiro atoms. The van der Waals surface area contributed by atoms with Crippen molar-refractivity contribution in [2.24, 2.45) is 4.99 Å². The molecule has 7 heteroatoms. The standard InChI is InChI=1S/C13H10N2O3S2/c16-6-1-2-7-8(5-6)19-10(14-7)11-15-9(12(17)18)13(20-11)3-4-13/h1-2,5,9,16H,3-4H2,(H,17,18). The molecule has 1 aromatic heterocycles. The van der Waals surface area contributed by atoms with Crippen LogP contribution >= 0.6 is 23.1 Å². The van der Waals surface area contributed by atoms with E-state index in [1.165, 1.54) is 11.3 Å². The largest absolute Gasteiger partial charge is 0.508 e. The van der Waals surface area contributed by atoms with Gasteiger partial charge in [0.1, 0.15) is 15.8 Å². The molecular weight excluding hydrogens is 296 g/mol. The second kappa shape index (κ2) is 3.95. The average molecular weight is 306 g/mol. The first kappa shape index (κ1) is 12.2. The fourth-order valence-corrected chi connectivity index (χ4v) is 4.78. The van der Waals surface area contributed by atoms with Crippen LogP contribution in [-0.4, -0.2) is 37.0 Å². The van der Waals surface area contributed by atoms with Crippen molar-refractivity contribution in [1.82, 2.24) is 4.98 Å². The first-order valence-corrected chi connectivity index (χ1v) is 7.80. The number of carboxylic acids is 1. The Morgan fingerprint density at radius 2 is 2.20 bits per heavy atom. The molecule has 0 bridgehead atoms. The smallest absolute Gasteiger partial charge is 0.329 e. The van der Waals surface area contributed by atoms with Gasteiger partial charge in [-0.1, -0.05) is 11.8 Å². The number of phenolic OH excluding ortho intramolecular Hbond substituents is 1. The van der Waals surface area contributed by atoms with Crippen molar-refractivity contribution in [2.75, 3.05) is 0 Å². The van der Waals surface area contributed by atoms with Gasteiger partial charge < -0.3 is 10.2 Å². The highest BCUT2D eigenvalue weighted by Crippen LogP contribution is 2.57. The molecular formula is C13H10N2O3S2. The minimum atomic E-state index is -0.858. The predicted molar refractivity (Wildman–Crippen MR) is 78.8 cm³/mol. The van der Waals surface area contributed by atoms with E-state index in [1.54, 1.807) is 30.0 Å². The molecule has 102 valence electrons. The lowest BCUT2D eigenvalue weighted by Gasteiger charge is -2.09. The highest BCUT2D eigenvalue weighted by Gasteiger charge is 2.58. The van der Waals surface area contributed by atoms with E-state index in [0.717, 1.165) is 33.1 Å². The van der Waals surface area contributed by atoms with Gasteiger partial charge in [0.25, 0.3) is 0 Å². The number of fused-ring (bicyclic) bond motifs is 1. The van der Waals surface area contributed by atoms with E-state index in [-0.39, 0.29) is 10.5 Å². The minimum absolute atomic E-state index is 0.204. The third-order valence-electron chi connectivity index (χ3n) is 3.58. The normalized spacial score (nSPS) is 23.2. The molecule has 0 saturated heterocycles. The molecule has 20 heavy (non-hydrogen) atoms. The van der Waals surface area contributed by atoms with Gasteiger partial charge in [-0.25, -0.2) is 9.78 Å². The first-order chi connectivity index (χ1) is 9.57. The lowest BCUT2D eigenvalue weighted by atomic mass is 10.2. The van der Waals surface area contributed by atoms with Crippen molar-refractivity contribution in [3.63, 3.8) is 0 Å². The van der Waals surface area contributed by atoms with Crippen LogP contribution < -0.4 is 0 Å². The molecule has 2 N–H and O–H groups in total. The molecule has 1 fully saturated rings. The van der Waals surface area contributed by atoms with Gasteiger partial charge in [0.05, 0.1) is 15.0 Å². The summed E-state index contributed by atoms with van der Waals surface area (Å²) in [6.07, 6.45) is 1.79. The second-order valence-corrected chi connectivity index (χ2v) is 7.45. The fraction of sp³-hybridized carbons (Fsp3) is 0.308. The van der Waals surface area contributed by atoms with E-state index in [9.17, 15) is 15.0 Å². The Bertz CT molecular complexity index is 764. The van der Waals surface area contributed by atoms with Gasteiger partial charge in [0.15, 0.2) is 6.04 Å². The molecule has 1 aliphatic carbocycles. The summed E-state index contributed by atoms with van der Waals surface area (Å²) >= 11 is 2.98. The maximum Gasteiger partial charge on any atom is 0.329 e. The van der Waals surface area contributed by atoms with Gasteiger partial charge in [-0.2, -0.15) is 0 Å². The van der Waals surface area contributed by atoms with Gasteiger partial charge >= 0.3 is 5.97 Å². The number of thiazole rings is 1. The SMILES string of the molecule is O=C(O)C1N=C(c2nc3ccc(O)cc3s2)SC12CC2. The number of carboxylic acid groups (broad SMARTS) is 1. The number of aliphatic carboxylic acids is 1. The number of phenols is 1. The molecule has 2 aliphatic rings. The molecule has 2 heterocycles. The summed E-state index contributed by atoms with van der Waals surface area (Å²) in [6, 6.07) is 4.37. The maximum atomic E-state index is 11.3. The number of rotatable bonds is 2. The van der Waals surface area contributed by atoms with Crippen LogP contribution in [0.5, 0.6) is 5.75 Å². The van der Waals surface area contributed by atoms with Crippen LogP contribution in [0.25, 0.3) is 10.2 Å². The zero-order valence-corrected chi connectivity index (χ0v) is 11.9. The summed E-state index contributed by atoms with van der Waals surface area (Å²) in [7, 11) is 0. The monoisotopic (exact) mass is 306 g/mol. The Balaban J connectivity index is 1.76. The number of aromatic hydroxyl groups is 1. The van der Waals surface area contributed by atoms with Gasteiger partial charge in [0, 0.05) is 0 Å². The molecule has 1 saturated carbocycles. The Morgan fingerprint density at radius 3 is 2.85 bits per heavy atom. The Kier molecular flexibility index (Phi) is 2.41. The topological polar surface area (TPSA) is 82.8 Å². The molecule has 1 aliphatic heterocycles. The first-order valence-electron chi connectivity index (χ1n) is 6.17. The van der Waals surface area contributed by atoms with E-state index < -0.39 is 12.0 Å². The van der Waals surface area contributed by atoms with Crippen LogP contribution in [0.1, 0.15) is 17.8 Å². The van der Waals surface area contributed by atoms with Crippen LogP contribution in [0.3, 0.4) is 0 Å². The molecule has 0 radical (unpaired) electrons. The lowest BCUT2D eigenvalue weighted by Crippen LogP contribution is -2.28. The van der Waals surface area contributed by atoms with Crippen molar-refractivity contribution in [3.8, 4) is 5.75 Å². The highest BCUT2D eigenvalue weighted by molar-refractivity contribution is 8.16. The number of thioether (sulfide) groups is 1. The van der Waals surface area contributed by atoms with Gasteiger partial charge in [-0.3, -0.25) is 4.99 Å². The zero-order chi connectivity index (χ0) is 13.9. The van der Waals surface area contributed by atoms with Crippen LogP contribution in [-0.2, 0) is 4.79 Å². The second-order valence-electron chi connectivity index (χ2n) is 5.01. The Labute approximate surface area is 122 Å². The summed E-state index contributed by atoms with van der Waals surface area (Å²) in [6.45, 7) is 0. The van der Waals surface area contributed by atoms with Crippen molar-refractivity contribution < 1.29 is 15.0 Å². The van der Waals surface area contributed by atoms with Crippen LogP contribution in [0, 0.1) is 0 Å². The van der Waals surface area contributed by atoms with Gasteiger partial charge in [-0.05, 0) is 31.0 Å². The number of carbonyl (C=O) groups is 1. The van der Waals surface area contributed by atoms with E-state index in [2.05, 4.69) is 9.98 Å². The summed E-state index contributed by atoms with van der Waals surface area (Å²) < 4.78 is 0.646. The summed E-state index contributed by atoms with van der Waals surface area (Å²) in [4.78, 5) is 20.1. The lowest BCUT2D eigenvalue weighted by molar-refractivity contribution is -0.138. The van der Waals surface area contributed by atoms with Gasteiger partial charge in [-0.15, -0.1) is 11.3 Å². The summed E-state index contributed by atoms with van der Waals surface area (Å²) in [5.41, 5.74) is 0.801. The molecule has 0 amide bonds. The van der Waals surface area contributed by atoms with E-state index in [0.29, 0.717) is 0 Å². The Morgan fingerprint density at radius 1 is 1.40 bits per heavy atom. The quantitative estimate of drug-likeness (QED) is 0.890. The van der Waals surface area contributed by atoms with Crippen LogP contribution in [0.2, 0.25) is 0 Å².